The van der Waals surface area contributed by atoms with Crippen LogP contribution < -0.4 is 0 Å². The number of benzene rings is 2. The Balaban J connectivity index is 1.66. The fraction of sp³-hybridized carbons (Fsp3) is 0.440. The van der Waals surface area contributed by atoms with Gasteiger partial charge in [-0.1, -0.05) is 64.5 Å². The summed E-state index contributed by atoms with van der Waals surface area (Å²) in [4.78, 5) is 0. The van der Waals surface area contributed by atoms with Gasteiger partial charge in [-0.3, -0.25) is 0 Å². The third-order valence-electron chi connectivity index (χ3n) is 5.27. The summed E-state index contributed by atoms with van der Waals surface area (Å²) in [5.74, 6) is 0. The van der Waals surface area contributed by atoms with Crippen LogP contribution in [0.15, 0.2) is 65.7 Å². The van der Waals surface area contributed by atoms with E-state index in [1.165, 1.54) is 11.6 Å². The predicted molar refractivity (Wildman–Crippen MR) is 122 cm³/mol. The van der Waals surface area contributed by atoms with Crippen molar-refractivity contribution in [3.05, 3.63) is 82.3 Å². The molecule has 30 heavy (non-hydrogen) atoms. The second kappa shape index (κ2) is 12.4. The molecule has 0 saturated carbocycles. The van der Waals surface area contributed by atoms with Crippen LogP contribution in [0.2, 0.25) is 0 Å². The summed E-state index contributed by atoms with van der Waals surface area (Å²) < 4.78 is 18.8. The van der Waals surface area contributed by atoms with Gasteiger partial charge in [0, 0.05) is 11.1 Å². The van der Waals surface area contributed by atoms with Crippen LogP contribution in [0.25, 0.3) is 0 Å². The van der Waals surface area contributed by atoms with Crippen molar-refractivity contribution in [1.82, 2.24) is 0 Å². The standard InChI is InChI=1S/C25H31BrO4/c1-2-22(27)18-29-24(14-13-20-9-3-4-11-23(20)26)21-10-7-8-19(16-21)17-30-25-12-5-6-15-28-25/h2-4,7-11,16,22,24-25,27H,1,5-6,12-15,17-18H2/t22?,24-,25?/m1/s1. The normalized spacial score (nSPS) is 18.7. The molecular formula is C25H31BrO4. The van der Waals surface area contributed by atoms with E-state index in [1.807, 2.05) is 18.2 Å². The highest BCUT2D eigenvalue weighted by atomic mass is 79.9. The second-order valence-corrected chi connectivity index (χ2v) is 8.46. The van der Waals surface area contributed by atoms with Crippen LogP contribution in [-0.4, -0.2) is 30.7 Å². The summed E-state index contributed by atoms with van der Waals surface area (Å²) in [6.45, 7) is 5.16. The Hall–Kier alpha value is -1.50. The van der Waals surface area contributed by atoms with Crippen LogP contribution in [0.1, 0.15) is 48.5 Å². The molecule has 162 valence electrons. The number of rotatable bonds is 11. The van der Waals surface area contributed by atoms with Crippen LogP contribution >= 0.6 is 15.9 Å². The summed E-state index contributed by atoms with van der Waals surface area (Å²) in [7, 11) is 0. The third kappa shape index (κ3) is 7.33. The molecule has 0 radical (unpaired) electrons. The zero-order valence-electron chi connectivity index (χ0n) is 17.3. The van der Waals surface area contributed by atoms with Crippen LogP contribution in [0.5, 0.6) is 0 Å². The Morgan fingerprint density at radius 2 is 2.07 bits per heavy atom. The highest BCUT2D eigenvalue weighted by Crippen LogP contribution is 2.27. The molecule has 4 nitrogen and oxygen atoms in total. The predicted octanol–water partition coefficient (Wildman–Crippen LogP) is 5.73. The lowest BCUT2D eigenvalue weighted by atomic mass is 9.99. The van der Waals surface area contributed by atoms with Gasteiger partial charge >= 0.3 is 0 Å². The average molecular weight is 475 g/mol. The Morgan fingerprint density at radius 3 is 2.83 bits per heavy atom. The largest absolute Gasteiger partial charge is 0.387 e. The summed E-state index contributed by atoms with van der Waals surface area (Å²) in [5, 5.41) is 9.88. The first-order chi connectivity index (χ1) is 14.7. The molecule has 3 rings (SSSR count). The highest BCUT2D eigenvalue weighted by Gasteiger charge is 2.17. The van der Waals surface area contributed by atoms with E-state index in [0.717, 1.165) is 54.3 Å². The molecule has 1 N–H and O–H groups in total. The van der Waals surface area contributed by atoms with Crippen LogP contribution in [0.3, 0.4) is 0 Å². The van der Waals surface area contributed by atoms with Gasteiger partial charge in [-0.25, -0.2) is 0 Å². The number of hydrogen-bond donors (Lipinski definition) is 1. The van der Waals surface area contributed by atoms with E-state index in [4.69, 9.17) is 14.2 Å². The van der Waals surface area contributed by atoms with Gasteiger partial charge in [-0.05, 0) is 54.9 Å². The summed E-state index contributed by atoms with van der Waals surface area (Å²) in [6, 6.07) is 16.5. The van der Waals surface area contributed by atoms with Crippen LogP contribution in [0, 0.1) is 0 Å². The van der Waals surface area contributed by atoms with E-state index in [1.54, 1.807) is 0 Å². The lowest BCUT2D eigenvalue weighted by Crippen LogP contribution is -2.22. The second-order valence-electron chi connectivity index (χ2n) is 7.61. The van der Waals surface area contributed by atoms with E-state index < -0.39 is 6.10 Å². The Kier molecular flexibility index (Phi) is 9.56. The van der Waals surface area contributed by atoms with Crippen molar-refractivity contribution in [2.45, 2.75) is 57.2 Å². The first-order valence-corrected chi connectivity index (χ1v) is 11.4. The average Bonchev–Trinajstić information content (AvgIpc) is 2.79. The number of hydrogen-bond acceptors (Lipinski definition) is 4. The molecule has 2 unspecified atom stereocenters. The van der Waals surface area contributed by atoms with Crippen molar-refractivity contribution >= 4 is 15.9 Å². The van der Waals surface area contributed by atoms with E-state index in [-0.39, 0.29) is 19.0 Å². The summed E-state index contributed by atoms with van der Waals surface area (Å²) in [5.41, 5.74) is 3.42. The number of aryl methyl sites for hydroxylation is 1. The topological polar surface area (TPSA) is 47.9 Å². The Bertz CT molecular complexity index is 788. The quantitative estimate of drug-likeness (QED) is 0.422. The van der Waals surface area contributed by atoms with Gasteiger partial charge in [0.1, 0.15) is 0 Å². The van der Waals surface area contributed by atoms with Crippen molar-refractivity contribution in [3.8, 4) is 0 Å². The van der Waals surface area contributed by atoms with Crippen LogP contribution in [0.4, 0.5) is 0 Å². The zero-order valence-corrected chi connectivity index (χ0v) is 18.9. The maximum Gasteiger partial charge on any atom is 0.158 e. The van der Waals surface area contributed by atoms with Crippen LogP contribution in [-0.2, 0) is 27.2 Å². The molecule has 0 spiro atoms. The molecule has 1 fully saturated rings. The molecule has 2 aromatic carbocycles. The van der Waals surface area contributed by atoms with E-state index in [0.29, 0.717) is 6.61 Å². The monoisotopic (exact) mass is 474 g/mol. The van der Waals surface area contributed by atoms with Crippen molar-refractivity contribution in [3.63, 3.8) is 0 Å². The minimum Gasteiger partial charge on any atom is -0.387 e. The number of aliphatic hydroxyl groups excluding tert-OH is 1. The SMILES string of the molecule is C=CC(O)CO[C@H](CCc1ccccc1Br)c1cccc(COC2CCCCO2)c1. The highest BCUT2D eigenvalue weighted by molar-refractivity contribution is 9.10. The third-order valence-corrected chi connectivity index (χ3v) is 6.04. The fourth-order valence-corrected chi connectivity index (χ4v) is 4.01. The van der Waals surface area contributed by atoms with Gasteiger partial charge in [-0.15, -0.1) is 6.58 Å². The van der Waals surface area contributed by atoms with Crippen molar-refractivity contribution < 1.29 is 19.3 Å². The maximum atomic E-state index is 9.88. The summed E-state index contributed by atoms with van der Waals surface area (Å²) in [6.07, 6.45) is 5.49. The van der Waals surface area contributed by atoms with Gasteiger partial charge in [-0.2, -0.15) is 0 Å². The van der Waals surface area contributed by atoms with Crippen molar-refractivity contribution in [2.75, 3.05) is 13.2 Å². The summed E-state index contributed by atoms with van der Waals surface area (Å²) >= 11 is 3.62. The molecule has 0 aliphatic carbocycles. The van der Waals surface area contributed by atoms with Gasteiger partial charge in [0.05, 0.1) is 25.4 Å². The molecule has 1 aliphatic rings. The van der Waals surface area contributed by atoms with Gasteiger partial charge < -0.3 is 19.3 Å². The van der Waals surface area contributed by atoms with E-state index in [9.17, 15) is 5.11 Å². The first kappa shape index (κ1) is 23.2. The number of halogens is 1. The first-order valence-electron chi connectivity index (χ1n) is 10.6. The Labute approximate surface area is 188 Å². The molecule has 0 bridgehead atoms. The van der Waals surface area contributed by atoms with Crippen molar-refractivity contribution in [1.29, 1.82) is 0 Å². The molecule has 1 saturated heterocycles. The zero-order chi connectivity index (χ0) is 21.2. The molecule has 5 heteroatoms. The minimum absolute atomic E-state index is 0.104. The van der Waals surface area contributed by atoms with Gasteiger partial charge in [0.25, 0.3) is 0 Å². The molecule has 0 amide bonds. The van der Waals surface area contributed by atoms with E-state index >= 15 is 0 Å². The van der Waals surface area contributed by atoms with Gasteiger partial charge in [0.15, 0.2) is 6.29 Å². The molecule has 1 aliphatic heterocycles. The lowest BCUT2D eigenvalue weighted by Gasteiger charge is -2.23. The van der Waals surface area contributed by atoms with Crippen molar-refractivity contribution in [2.24, 2.45) is 0 Å². The fourth-order valence-electron chi connectivity index (χ4n) is 3.53. The molecule has 2 aromatic rings. The molecule has 3 atom stereocenters. The van der Waals surface area contributed by atoms with Gasteiger partial charge in [0.2, 0.25) is 0 Å². The Morgan fingerprint density at radius 1 is 1.20 bits per heavy atom. The minimum atomic E-state index is -0.675. The molecular weight excluding hydrogens is 444 g/mol. The lowest BCUT2D eigenvalue weighted by molar-refractivity contribution is -0.168. The van der Waals surface area contributed by atoms with E-state index in [2.05, 4.69) is 52.8 Å². The smallest absolute Gasteiger partial charge is 0.158 e. The molecule has 1 heterocycles. The molecule has 0 aromatic heterocycles. The number of ether oxygens (including phenoxy) is 3. The maximum absolute atomic E-state index is 9.88. The number of aliphatic hydroxyl groups is 1.